The molecular formula is C15H23N6O4+. The highest BCUT2D eigenvalue weighted by molar-refractivity contribution is 5.78. The van der Waals surface area contributed by atoms with Crippen molar-refractivity contribution in [1.29, 1.82) is 0 Å². The number of carbonyl (C=O) groups is 1. The van der Waals surface area contributed by atoms with Crippen molar-refractivity contribution in [2.45, 2.75) is 6.54 Å². The lowest BCUT2D eigenvalue weighted by atomic mass is 10.4. The number of nitrogens with one attached hydrogen (secondary N) is 2. The van der Waals surface area contributed by atoms with Gasteiger partial charge in [0.1, 0.15) is 19.6 Å². The molecule has 2 aromatic rings. The van der Waals surface area contributed by atoms with Crippen molar-refractivity contribution in [3.8, 4) is 0 Å². The minimum Gasteiger partial charge on any atom is -0.370 e. The Labute approximate surface area is 143 Å². The summed E-state index contributed by atoms with van der Waals surface area (Å²) in [5.41, 5.74) is -0.376. The molecule has 2 aromatic heterocycles. The molecule has 1 aliphatic heterocycles. The van der Waals surface area contributed by atoms with Crippen LogP contribution >= 0.6 is 0 Å². The molecule has 0 atom stereocenters. The zero-order chi connectivity index (χ0) is 18.0. The summed E-state index contributed by atoms with van der Waals surface area (Å²) in [7, 11) is 2.96. The number of rotatable bonds is 5. The first-order valence-electron chi connectivity index (χ1n) is 8.28. The summed E-state index contributed by atoms with van der Waals surface area (Å²) in [4.78, 5) is 41.9. The maximum atomic E-state index is 12.3. The van der Waals surface area contributed by atoms with Crippen LogP contribution in [-0.2, 0) is 30.2 Å². The van der Waals surface area contributed by atoms with Gasteiger partial charge in [0.25, 0.3) is 5.56 Å². The summed E-state index contributed by atoms with van der Waals surface area (Å²) >= 11 is 0. The molecule has 0 spiro atoms. The van der Waals surface area contributed by atoms with Crippen molar-refractivity contribution in [3.05, 3.63) is 27.2 Å². The molecule has 0 radical (unpaired) electrons. The van der Waals surface area contributed by atoms with E-state index in [0.29, 0.717) is 6.54 Å². The van der Waals surface area contributed by atoms with Gasteiger partial charge in [0.15, 0.2) is 11.2 Å². The van der Waals surface area contributed by atoms with Gasteiger partial charge in [0.05, 0.1) is 32.6 Å². The molecule has 0 aliphatic carbocycles. The summed E-state index contributed by atoms with van der Waals surface area (Å²) in [5, 5.41) is 2.87. The first-order chi connectivity index (χ1) is 12.0. The van der Waals surface area contributed by atoms with E-state index in [9.17, 15) is 14.4 Å². The van der Waals surface area contributed by atoms with Gasteiger partial charge in [-0.3, -0.25) is 18.7 Å². The molecule has 0 aromatic carbocycles. The molecule has 3 heterocycles. The summed E-state index contributed by atoms with van der Waals surface area (Å²) in [6, 6.07) is 0. The summed E-state index contributed by atoms with van der Waals surface area (Å²) in [6.07, 6.45) is 1.41. The van der Waals surface area contributed by atoms with Gasteiger partial charge in [0, 0.05) is 14.1 Å². The van der Waals surface area contributed by atoms with Gasteiger partial charge < -0.3 is 19.5 Å². The third kappa shape index (κ3) is 3.49. The van der Waals surface area contributed by atoms with Crippen LogP contribution in [0.15, 0.2) is 15.9 Å². The topological polar surface area (TPSA) is 105 Å². The van der Waals surface area contributed by atoms with E-state index in [1.165, 1.54) is 27.4 Å². The molecule has 0 bridgehead atoms. The molecule has 3 rings (SSSR count). The molecule has 1 aliphatic rings. The second-order valence-electron chi connectivity index (χ2n) is 6.21. The molecule has 10 nitrogen and oxygen atoms in total. The number of quaternary nitrogens is 1. The molecule has 1 amide bonds. The van der Waals surface area contributed by atoms with E-state index in [1.54, 1.807) is 7.05 Å². The quantitative estimate of drug-likeness (QED) is 0.581. The van der Waals surface area contributed by atoms with Crippen molar-refractivity contribution in [3.63, 3.8) is 0 Å². The van der Waals surface area contributed by atoms with Crippen LogP contribution in [0.2, 0.25) is 0 Å². The summed E-state index contributed by atoms with van der Waals surface area (Å²) < 4.78 is 9.10. The number of ether oxygens (including phenoxy) is 1. The Morgan fingerprint density at radius 2 is 2.00 bits per heavy atom. The van der Waals surface area contributed by atoms with Crippen molar-refractivity contribution in [1.82, 2.24) is 24.0 Å². The second-order valence-corrected chi connectivity index (χ2v) is 6.21. The van der Waals surface area contributed by atoms with Crippen LogP contribution in [0.1, 0.15) is 0 Å². The highest BCUT2D eigenvalue weighted by Gasteiger charge is 2.17. The first-order valence-corrected chi connectivity index (χ1v) is 8.28. The number of morpholine rings is 1. The van der Waals surface area contributed by atoms with Crippen LogP contribution in [0.5, 0.6) is 0 Å². The molecule has 136 valence electrons. The van der Waals surface area contributed by atoms with Crippen molar-refractivity contribution < 1.29 is 14.4 Å². The van der Waals surface area contributed by atoms with E-state index in [2.05, 4.69) is 10.3 Å². The number of hydrogen-bond donors (Lipinski definition) is 2. The predicted octanol–water partition coefficient (Wildman–Crippen LogP) is -3.53. The standard InChI is InChI=1S/C15H22N6O4/c1-18-13-12(14(23)19(2)15(18)24)21(10-17-13)9-11(22)16-3-4-20-5-7-25-8-6-20/h10H,3-9H2,1-2H3,(H,16,22)/p+1. The first kappa shape index (κ1) is 17.4. The van der Waals surface area contributed by atoms with E-state index >= 15 is 0 Å². The normalized spacial score (nSPS) is 15.6. The predicted molar refractivity (Wildman–Crippen MR) is 89.6 cm³/mol. The van der Waals surface area contributed by atoms with Crippen LogP contribution in [-0.4, -0.2) is 64.0 Å². The lowest BCUT2D eigenvalue weighted by Crippen LogP contribution is -3.14. The monoisotopic (exact) mass is 351 g/mol. The van der Waals surface area contributed by atoms with Gasteiger partial charge >= 0.3 is 5.69 Å². The van der Waals surface area contributed by atoms with E-state index in [1.807, 2.05) is 0 Å². The SMILES string of the molecule is Cn1c(=O)c2c(ncn2CC(=O)NCC[NH+]2CCOCC2)n(C)c1=O. The highest BCUT2D eigenvalue weighted by Crippen LogP contribution is 2.04. The highest BCUT2D eigenvalue weighted by atomic mass is 16.5. The van der Waals surface area contributed by atoms with Crippen LogP contribution in [0.3, 0.4) is 0 Å². The average molecular weight is 351 g/mol. The van der Waals surface area contributed by atoms with E-state index < -0.39 is 11.2 Å². The van der Waals surface area contributed by atoms with Crippen molar-refractivity contribution in [2.75, 3.05) is 39.4 Å². The van der Waals surface area contributed by atoms with Gasteiger partial charge in [0.2, 0.25) is 5.91 Å². The van der Waals surface area contributed by atoms with E-state index in [0.717, 1.165) is 37.4 Å². The fraction of sp³-hybridized carbons (Fsp3) is 0.600. The number of amides is 1. The summed E-state index contributed by atoms with van der Waals surface area (Å²) in [6.45, 7) is 4.81. The Bertz CT molecular complexity index is 890. The third-order valence-corrected chi connectivity index (χ3v) is 4.53. The van der Waals surface area contributed by atoms with Crippen LogP contribution in [0.4, 0.5) is 0 Å². The average Bonchev–Trinajstić information content (AvgIpc) is 3.02. The molecule has 0 saturated carbocycles. The van der Waals surface area contributed by atoms with E-state index in [-0.39, 0.29) is 23.6 Å². The van der Waals surface area contributed by atoms with Crippen molar-refractivity contribution >= 4 is 17.1 Å². The Morgan fingerprint density at radius 3 is 2.72 bits per heavy atom. The van der Waals surface area contributed by atoms with Crippen LogP contribution in [0.25, 0.3) is 11.2 Å². The molecule has 1 saturated heterocycles. The third-order valence-electron chi connectivity index (χ3n) is 4.53. The Kier molecular flexibility index (Phi) is 5.00. The van der Waals surface area contributed by atoms with E-state index in [4.69, 9.17) is 4.74 Å². The number of aromatic nitrogens is 4. The zero-order valence-electron chi connectivity index (χ0n) is 14.4. The maximum Gasteiger partial charge on any atom is 0.332 e. The Hall–Kier alpha value is -2.46. The molecule has 0 unspecified atom stereocenters. The second kappa shape index (κ2) is 7.19. The van der Waals surface area contributed by atoms with Crippen molar-refractivity contribution in [2.24, 2.45) is 14.1 Å². The van der Waals surface area contributed by atoms with Crippen LogP contribution < -0.4 is 21.5 Å². The lowest BCUT2D eigenvalue weighted by molar-refractivity contribution is -0.906. The smallest absolute Gasteiger partial charge is 0.332 e. The fourth-order valence-corrected chi connectivity index (χ4v) is 3.02. The maximum absolute atomic E-state index is 12.3. The summed E-state index contributed by atoms with van der Waals surface area (Å²) in [5.74, 6) is -0.192. The number of nitrogens with zero attached hydrogens (tertiary/aromatic N) is 4. The molecule has 10 heteroatoms. The number of hydrogen-bond acceptors (Lipinski definition) is 5. The largest absolute Gasteiger partial charge is 0.370 e. The fourth-order valence-electron chi connectivity index (χ4n) is 3.02. The number of carbonyl (C=O) groups excluding carboxylic acids is 1. The molecule has 2 N–H and O–H groups in total. The molecule has 25 heavy (non-hydrogen) atoms. The molecular weight excluding hydrogens is 328 g/mol. The van der Waals surface area contributed by atoms with Crippen LogP contribution in [0, 0.1) is 0 Å². The number of imidazole rings is 1. The number of aryl methyl sites for hydroxylation is 1. The van der Waals surface area contributed by atoms with Gasteiger partial charge in [-0.1, -0.05) is 0 Å². The number of fused-ring (bicyclic) bond motifs is 1. The van der Waals surface area contributed by atoms with Gasteiger partial charge in [-0.25, -0.2) is 9.78 Å². The van der Waals surface area contributed by atoms with Gasteiger partial charge in [-0.15, -0.1) is 0 Å². The van der Waals surface area contributed by atoms with Gasteiger partial charge in [-0.2, -0.15) is 0 Å². The Balaban J connectivity index is 1.67. The van der Waals surface area contributed by atoms with Gasteiger partial charge in [-0.05, 0) is 0 Å². The Morgan fingerprint density at radius 1 is 1.28 bits per heavy atom. The minimum absolute atomic E-state index is 0.0115. The lowest BCUT2D eigenvalue weighted by Gasteiger charge is -2.23. The minimum atomic E-state index is -0.457. The molecule has 1 fully saturated rings. The zero-order valence-corrected chi connectivity index (χ0v) is 14.4.